The first kappa shape index (κ1) is 15.0. The molecule has 0 unspecified atom stereocenters. The van der Waals surface area contributed by atoms with Gasteiger partial charge >= 0.3 is 0 Å². The van der Waals surface area contributed by atoms with Crippen LogP contribution in [0.1, 0.15) is 50.4 Å². The van der Waals surface area contributed by atoms with Gasteiger partial charge in [0, 0.05) is 11.6 Å². The molecule has 2 nitrogen and oxygen atoms in total. The summed E-state index contributed by atoms with van der Waals surface area (Å²) in [6.45, 7) is 6.48. The summed E-state index contributed by atoms with van der Waals surface area (Å²) in [6, 6.07) is 7.46. The minimum atomic E-state index is -0.0577. The van der Waals surface area contributed by atoms with Crippen molar-refractivity contribution in [3.05, 3.63) is 29.8 Å². The maximum absolute atomic E-state index is 12.0. The number of amides is 1. The van der Waals surface area contributed by atoms with Crippen LogP contribution in [0.5, 0.6) is 0 Å². The number of nitrogens with one attached hydrogen (secondary N) is 1. The molecule has 3 heteroatoms. The van der Waals surface area contributed by atoms with Crippen molar-refractivity contribution in [1.82, 2.24) is 5.32 Å². The highest BCUT2D eigenvalue weighted by Gasteiger charge is 2.09. The summed E-state index contributed by atoms with van der Waals surface area (Å²) >= 11 is 5.14. The first-order chi connectivity index (χ1) is 8.50. The predicted octanol–water partition coefficient (Wildman–Crippen LogP) is 3.54. The van der Waals surface area contributed by atoms with Crippen LogP contribution in [-0.4, -0.2) is 11.9 Å². The Balaban J connectivity index is 2.43. The lowest BCUT2D eigenvalue weighted by Gasteiger charge is -2.17. The minimum Gasteiger partial charge on any atom is -0.779 e. The molecule has 0 radical (unpaired) electrons. The third kappa shape index (κ3) is 5.05. The molecule has 0 bridgehead atoms. The second-order valence-electron chi connectivity index (χ2n) is 5.20. The van der Waals surface area contributed by atoms with E-state index < -0.39 is 0 Å². The van der Waals surface area contributed by atoms with Gasteiger partial charge < -0.3 is 17.9 Å². The molecule has 1 rings (SSSR count). The molecule has 0 saturated carbocycles. The van der Waals surface area contributed by atoms with Crippen molar-refractivity contribution in [2.24, 2.45) is 5.92 Å². The molecule has 1 aromatic carbocycles. The van der Waals surface area contributed by atoms with Crippen molar-refractivity contribution >= 4 is 18.5 Å². The summed E-state index contributed by atoms with van der Waals surface area (Å²) in [5.41, 5.74) is 0.600. The van der Waals surface area contributed by atoms with Gasteiger partial charge in [-0.2, -0.15) is 4.90 Å². The van der Waals surface area contributed by atoms with E-state index in [0.29, 0.717) is 10.5 Å². The van der Waals surface area contributed by atoms with Crippen LogP contribution in [0, 0.1) is 5.92 Å². The van der Waals surface area contributed by atoms with E-state index in [4.69, 9.17) is 12.6 Å². The Morgan fingerprint density at radius 2 is 1.89 bits per heavy atom. The fourth-order valence-electron chi connectivity index (χ4n) is 1.86. The van der Waals surface area contributed by atoms with E-state index in [1.54, 1.807) is 12.1 Å². The summed E-state index contributed by atoms with van der Waals surface area (Å²) in [5, 5.41) is 3.01. The zero-order valence-corrected chi connectivity index (χ0v) is 12.2. The fraction of sp³-hybridized carbons (Fsp3) is 0.533. The molecule has 0 aliphatic carbocycles. The fourth-order valence-corrected chi connectivity index (χ4v) is 2.10. The standard InChI is InChI=1S/C15H23NOS/c1-11(2)7-6-8-12(3)16-15(17)13-9-4-5-10-14(13)18/h4-5,9-12,18H,6-8H2,1-3H3,(H,16,17)/p-1/t12-/m0/s1. The highest BCUT2D eigenvalue weighted by atomic mass is 32.1. The van der Waals surface area contributed by atoms with Crippen LogP contribution < -0.4 is 5.32 Å². The smallest absolute Gasteiger partial charge is 0.249 e. The summed E-state index contributed by atoms with van der Waals surface area (Å²) < 4.78 is 0. The molecule has 1 atom stereocenters. The van der Waals surface area contributed by atoms with Crippen molar-refractivity contribution in [3.8, 4) is 0 Å². The lowest BCUT2D eigenvalue weighted by Crippen LogP contribution is -2.32. The van der Waals surface area contributed by atoms with Crippen molar-refractivity contribution in [1.29, 1.82) is 0 Å². The highest BCUT2D eigenvalue weighted by Crippen LogP contribution is 2.10. The number of rotatable bonds is 6. The Bertz CT molecular complexity index is 390. The first-order valence-electron chi connectivity index (χ1n) is 6.57. The summed E-state index contributed by atoms with van der Waals surface area (Å²) in [6.07, 6.45) is 3.37. The molecule has 0 aliphatic rings. The molecule has 0 spiro atoms. The SMILES string of the molecule is CC(C)CCC[C@H](C)NC(=O)c1ccccc1[S-]. The Kier molecular flexibility index (Phi) is 6.13. The van der Waals surface area contributed by atoms with Gasteiger partial charge in [-0.3, -0.25) is 4.79 Å². The quantitative estimate of drug-likeness (QED) is 0.796. The van der Waals surface area contributed by atoms with Gasteiger partial charge in [0.05, 0.1) is 0 Å². The van der Waals surface area contributed by atoms with Crippen LogP contribution in [0.2, 0.25) is 0 Å². The van der Waals surface area contributed by atoms with Crippen molar-refractivity contribution in [2.75, 3.05) is 0 Å². The van der Waals surface area contributed by atoms with Crippen LogP contribution >= 0.6 is 0 Å². The Hall–Kier alpha value is -1.09. The molecule has 1 N–H and O–H groups in total. The Labute approximate surface area is 116 Å². The van der Waals surface area contributed by atoms with Crippen LogP contribution in [0.3, 0.4) is 0 Å². The van der Waals surface area contributed by atoms with Crippen LogP contribution in [0.15, 0.2) is 29.2 Å². The van der Waals surface area contributed by atoms with Crippen molar-refractivity contribution in [2.45, 2.75) is 51.0 Å². The molecule has 1 amide bonds. The minimum absolute atomic E-state index is 0.0577. The highest BCUT2D eigenvalue weighted by molar-refractivity contribution is 7.58. The Morgan fingerprint density at radius 3 is 2.50 bits per heavy atom. The molecule has 0 saturated heterocycles. The van der Waals surface area contributed by atoms with E-state index in [9.17, 15) is 4.79 Å². The van der Waals surface area contributed by atoms with E-state index in [2.05, 4.69) is 19.2 Å². The molecule has 18 heavy (non-hydrogen) atoms. The summed E-state index contributed by atoms with van der Waals surface area (Å²) in [4.78, 5) is 12.6. The molecule has 0 aromatic heterocycles. The van der Waals surface area contributed by atoms with Gasteiger partial charge in [0.15, 0.2) is 0 Å². The molecular weight excluding hydrogens is 242 g/mol. The van der Waals surface area contributed by atoms with E-state index >= 15 is 0 Å². The largest absolute Gasteiger partial charge is 0.779 e. The van der Waals surface area contributed by atoms with E-state index in [-0.39, 0.29) is 11.9 Å². The van der Waals surface area contributed by atoms with Gasteiger partial charge in [-0.15, -0.1) is 0 Å². The topological polar surface area (TPSA) is 29.1 Å². The lowest BCUT2D eigenvalue weighted by molar-refractivity contribution is 0.0935. The average molecular weight is 264 g/mol. The molecule has 0 fully saturated rings. The first-order valence-corrected chi connectivity index (χ1v) is 6.98. The number of carbonyl (C=O) groups is 1. The van der Waals surface area contributed by atoms with Crippen LogP contribution in [0.25, 0.3) is 0 Å². The molecule has 0 heterocycles. The summed E-state index contributed by atoms with van der Waals surface area (Å²) in [5.74, 6) is 0.666. The zero-order chi connectivity index (χ0) is 13.5. The van der Waals surface area contributed by atoms with Crippen molar-refractivity contribution in [3.63, 3.8) is 0 Å². The van der Waals surface area contributed by atoms with Gasteiger partial charge in [-0.25, -0.2) is 0 Å². The third-order valence-electron chi connectivity index (χ3n) is 2.93. The van der Waals surface area contributed by atoms with Gasteiger partial charge in [0.1, 0.15) is 0 Å². The van der Waals surface area contributed by atoms with Crippen LogP contribution in [-0.2, 0) is 12.6 Å². The van der Waals surface area contributed by atoms with Gasteiger partial charge in [-0.1, -0.05) is 51.0 Å². The molecule has 100 valence electrons. The second kappa shape index (κ2) is 7.37. The normalized spacial score (nSPS) is 12.4. The average Bonchev–Trinajstić information content (AvgIpc) is 2.28. The Morgan fingerprint density at radius 1 is 1.22 bits per heavy atom. The van der Waals surface area contributed by atoms with Crippen molar-refractivity contribution < 1.29 is 4.79 Å². The van der Waals surface area contributed by atoms with Gasteiger partial charge in [0.25, 0.3) is 0 Å². The van der Waals surface area contributed by atoms with E-state index in [0.717, 1.165) is 18.8 Å². The van der Waals surface area contributed by atoms with Gasteiger partial charge in [0.2, 0.25) is 5.91 Å². The van der Waals surface area contributed by atoms with Crippen LogP contribution in [0.4, 0.5) is 0 Å². The molecule has 1 aromatic rings. The summed E-state index contributed by atoms with van der Waals surface area (Å²) in [7, 11) is 0. The number of hydrogen-bond acceptors (Lipinski definition) is 2. The third-order valence-corrected chi connectivity index (χ3v) is 3.28. The molecule has 0 aliphatic heterocycles. The predicted molar refractivity (Wildman–Crippen MR) is 77.7 cm³/mol. The number of benzene rings is 1. The maximum atomic E-state index is 12.0. The number of hydrogen-bond donors (Lipinski definition) is 1. The monoisotopic (exact) mass is 264 g/mol. The maximum Gasteiger partial charge on any atom is 0.249 e. The van der Waals surface area contributed by atoms with E-state index in [1.807, 2.05) is 19.1 Å². The molecular formula is C15H22NOS-. The van der Waals surface area contributed by atoms with Gasteiger partial charge in [-0.05, 0) is 19.3 Å². The zero-order valence-electron chi connectivity index (χ0n) is 11.4. The lowest BCUT2D eigenvalue weighted by atomic mass is 10.0. The van der Waals surface area contributed by atoms with E-state index in [1.165, 1.54) is 6.42 Å². The second-order valence-corrected chi connectivity index (χ2v) is 5.64. The number of carbonyl (C=O) groups excluding carboxylic acids is 1.